The monoisotopic (exact) mass is 431 g/mol. The van der Waals surface area contributed by atoms with E-state index in [1.165, 1.54) is 28.0 Å². The van der Waals surface area contributed by atoms with Gasteiger partial charge in [-0.25, -0.2) is 18.0 Å². The van der Waals surface area contributed by atoms with E-state index in [2.05, 4.69) is 5.32 Å². The quantitative estimate of drug-likeness (QED) is 0.719. The Bertz CT molecular complexity index is 919. The highest BCUT2D eigenvalue weighted by Crippen LogP contribution is 2.27. The third kappa shape index (κ3) is 4.51. The Balaban J connectivity index is 1.69. The second-order valence-corrected chi connectivity index (χ2v) is 6.98. The lowest BCUT2D eigenvalue weighted by atomic mass is 10.1. The number of carbonyl (C=O) groups excluding carboxylic acids is 2. The Morgan fingerprint density at radius 1 is 1.11 bits per heavy atom. The topological polar surface area (TPSA) is 52.7 Å². The molecular formula is C18H14Cl2F3N3O2. The van der Waals surface area contributed by atoms with E-state index in [4.69, 9.17) is 23.2 Å². The number of rotatable bonds is 3. The van der Waals surface area contributed by atoms with Gasteiger partial charge in [0.1, 0.15) is 11.6 Å². The molecule has 1 N–H and O–H groups in total. The Kier molecular flexibility index (Phi) is 6.00. The Morgan fingerprint density at radius 3 is 2.43 bits per heavy atom. The van der Waals surface area contributed by atoms with Crippen molar-refractivity contribution in [3.05, 3.63) is 63.4 Å². The van der Waals surface area contributed by atoms with Crippen LogP contribution in [0.2, 0.25) is 10.0 Å². The molecule has 2 aromatic rings. The van der Waals surface area contributed by atoms with Crippen molar-refractivity contribution in [3.63, 3.8) is 0 Å². The van der Waals surface area contributed by atoms with Gasteiger partial charge in [-0.15, -0.1) is 0 Å². The van der Waals surface area contributed by atoms with Crippen LogP contribution in [-0.4, -0.2) is 35.0 Å². The van der Waals surface area contributed by atoms with E-state index >= 15 is 0 Å². The lowest BCUT2D eigenvalue weighted by Crippen LogP contribution is -2.51. The zero-order valence-electron chi connectivity index (χ0n) is 14.3. The van der Waals surface area contributed by atoms with E-state index in [0.717, 1.165) is 12.1 Å². The molecule has 3 rings (SSSR count). The first-order valence-electron chi connectivity index (χ1n) is 8.17. The molecule has 0 unspecified atom stereocenters. The zero-order chi connectivity index (χ0) is 20.4. The summed E-state index contributed by atoms with van der Waals surface area (Å²) < 4.78 is 40.4. The zero-order valence-corrected chi connectivity index (χ0v) is 15.8. The number of urea groups is 1. The van der Waals surface area contributed by atoms with Gasteiger partial charge in [0.25, 0.3) is 0 Å². The van der Waals surface area contributed by atoms with Crippen LogP contribution in [0.1, 0.15) is 12.0 Å². The average Bonchev–Trinajstić information content (AvgIpc) is 2.63. The molecule has 28 heavy (non-hydrogen) atoms. The fourth-order valence-electron chi connectivity index (χ4n) is 2.73. The van der Waals surface area contributed by atoms with E-state index in [1.54, 1.807) is 0 Å². The van der Waals surface area contributed by atoms with Crippen LogP contribution in [0.25, 0.3) is 0 Å². The molecule has 1 heterocycles. The van der Waals surface area contributed by atoms with Crippen LogP contribution in [0.5, 0.6) is 0 Å². The largest absolute Gasteiger partial charge is 0.323 e. The number of carbonyl (C=O) groups is 2. The van der Waals surface area contributed by atoms with Crippen molar-refractivity contribution < 1.29 is 22.8 Å². The van der Waals surface area contributed by atoms with Crippen molar-refractivity contribution in [1.29, 1.82) is 0 Å². The molecular weight excluding hydrogens is 418 g/mol. The Morgan fingerprint density at radius 2 is 1.79 bits per heavy atom. The summed E-state index contributed by atoms with van der Waals surface area (Å²) in [6.45, 7) is -0.0528. The summed E-state index contributed by atoms with van der Waals surface area (Å²) in [7, 11) is 0. The van der Waals surface area contributed by atoms with Crippen LogP contribution in [0.3, 0.4) is 0 Å². The van der Waals surface area contributed by atoms with E-state index in [0.29, 0.717) is 0 Å². The van der Waals surface area contributed by atoms with Gasteiger partial charge in [0.2, 0.25) is 5.91 Å². The van der Waals surface area contributed by atoms with Crippen LogP contribution in [-0.2, 0) is 11.3 Å². The highest BCUT2D eigenvalue weighted by Gasteiger charge is 2.28. The molecule has 0 atom stereocenters. The summed E-state index contributed by atoms with van der Waals surface area (Å²) in [5.41, 5.74) is 0.323. The summed E-state index contributed by atoms with van der Waals surface area (Å²) >= 11 is 11.4. The molecule has 1 fully saturated rings. The molecule has 2 aromatic carbocycles. The molecule has 1 saturated heterocycles. The van der Waals surface area contributed by atoms with Gasteiger partial charge in [-0.05, 0) is 18.2 Å². The molecule has 0 spiro atoms. The van der Waals surface area contributed by atoms with Crippen molar-refractivity contribution in [3.8, 4) is 0 Å². The number of anilines is 1. The maximum Gasteiger partial charge on any atom is 0.323 e. The molecule has 1 aliphatic heterocycles. The summed E-state index contributed by atoms with van der Waals surface area (Å²) in [5.74, 6) is -2.55. The van der Waals surface area contributed by atoms with E-state index in [-0.39, 0.29) is 53.4 Å². The summed E-state index contributed by atoms with van der Waals surface area (Å²) in [6, 6.07) is 4.94. The van der Waals surface area contributed by atoms with Gasteiger partial charge in [0.05, 0.1) is 23.3 Å². The van der Waals surface area contributed by atoms with Gasteiger partial charge in [-0.2, -0.15) is 0 Å². The van der Waals surface area contributed by atoms with Gasteiger partial charge in [-0.3, -0.25) is 4.79 Å². The van der Waals surface area contributed by atoms with E-state index in [1.807, 2.05) is 0 Å². The van der Waals surface area contributed by atoms with Gasteiger partial charge < -0.3 is 15.1 Å². The fourth-order valence-corrected chi connectivity index (χ4v) is 3.22. The number of amides is 3. The second-order valence-electron chi connectivity index (χ2n) is 6.17. The van der Waals surface area contributed by atoms with Gasteiger partial charge >= 0.3 is 6.03 Å². The smallest absolute Gasteiger partial charge is 0.320 e. The number of halogens is 5. The summed E-state index contributed by atoms with van der Waals surface area (Å²) in [6.07, 6.45) is 0.0428. The van der Waals surface area contributed by atoms with Crippen molar-refractivity contribution in [1.82, 2.24) is 9.80 Å². The van der Waals surface area contributed by atoms with Gasteiger partial charge in [0, 0.05) is 30.3 Å². The van der Waals surface area contributed by atoms with Crippen LogP contribution in [0.15, 0.2) is 30.3 Å². The fraction of sp³-hybridized carbons (Fsp3) is 0.222. The van der Waals surface area contributed by atoms with E-state index < -0.39 is 23.5 Å². The normalized spacial score (nSPS) is 14.4. The first-order valence-corrected chi connectivity index (χ1v) is 8.92. The van der Waals surface area contributed by atoms with Crippen molar-refractivity contribution in [2.24, 2.45) is 0 Å². The van der Waals surface area contributed by atoms with Crippen LogP contribution in [0, 0.1) is 17.5 Å². The minimum absolute atomic E-state index is 0.0428. The molecule has 0 aliphatic carbocycles. The van der Waals surface area contributed by atoms with Gasteiger partial charge in [0.15, 0.2) is 5.82 Å². The summed E-state index contributed by atoms with van der Waals surface area (Å²) in [5, 5.41) is 2.04. The molecule has 5 nitrogen and oxygen atoms in total. The third-order valence-corrected chi connectivity index (χ3v) is 4.74. The molecule has 3 amide bonds. The maximum atomic E-state index is 13.9. The number of hydrogen-bond acceptors (Lipinski definition) is 2. The molecule has 0 aromatic heterocycles. The highest BCUT2D eigenvalue weighted by molar-refractivity contribution is 6.35. The highest BCUT2D eigenvalue weighted by atomic mass is 35.5. The lowest BCUT2D eigenvalue weighted by molar-refractivity contribution is -0.137. The van der Waals surface area contributed by atoms with Crippen molar-refractivity contribution in [2.45, 2.75) is 13.0 Å². The van der Waals surface area contributed by atoms with Crippen LogP contribution < -0.4 is 5.32 Å². The van der Waals surface area contributed by atoms with E-state index in [9.17, 15) is 22.8 Å². The average molecular weight is 432 g/mol. The number of hydrogen-bond donors (Lipinski definition) is 1. The molecule has 148 valence electrons. The minimum Gasteiger partial charge on any atom is -0.320 e. The maximum absolute atomic E-state index is 13.9. The SMILES string of the molecule is O=C1CCN(C(=O)Nc2cc(Cl)c(F)c(Cl)c2)CN1Cc1ccc(F)cc1F. The van der Waals surface area contributed by atoms with Crippen LogP contribution in [0.4, 0.5) is 23.7 Å². The van der Waals surface area contributed by atoms with Crippen molar-refractivity contribution >= 4 is 40.8 Å². The number of nitrogens with zero attached hydrogens (tertiary/aromatic N) is 2. The summed E-state index contributed by atoms with van der Waals surface area (Å²) in [4.78, 5) is 27.2. The third-order valence-electron chi connectivity index (χ3n) is 4.19. The molecule has 0 bridgehead atoms. The van der Waals surface area contributed by atoms with Crippen molar-refractivity contribution in [2.75, 3.05) is 18.5 Å². The minimum atomic E-state index is -0.794. The predicted octanol–water partition coefficient (Wildman–Crippen LogP) is 4.63. The number of nitrogens with one attached hydrogen (secondary N) is 1. The standard InChI is InChI=1S/C18H14Cl2F3N3O2/c19-13-6-12(7-14(20)17(13)23)24-18(28)25-4-3-16(27)26(9-25)8-10-1-2-11(21)5-15(10)22/h1-2,5-7H,3-4,8-9H2,(H,24,28). The van der Waals surface area contributed by atoms with Gasteiger partial charge in [-0.1, -0.05) is 29.3 Å². The molecule has 1 aliphatic rings. The molecule has 0 saturated carbocycles. The Hall–Kier alpha value is -2.45. The predicted molar refractivity (Wildman–Crippen MR) is 98.5 cm³/mol. The first-order chi connectivity index (χ1) is 13.2. The first kappa shape index (κ1) is 20.3. The number of benzene rings is 2. The molecule has 10 heteroatoms. The molecule has 0 radical (unpaired) electrons. The second kappa shape index (κ2) is 8.28. The van der Waals surface area contributed by atoms with Crippen LogP contribution >= 0.6 is 23.2 Å². The Labute approximate surface area is 168 Å². The lowest BCUT2D eigenvalue weighted by Gasteiger charge is -2.35.